The summed E-state index contributed by atoms with van der Waals surface area (Å²) in [6, 6.07) is 4.43. The van der Waals surface area contributed by atoms with E-state index < -0.39 is 17.0 Å². The maximum absolute atomic E-state index is 12.8. The Labute approximate surface area is 73.2 Å². The third-order valence-electron chi connectivity index (χ3n) is 1.34. The van der Waals surface area contributed by atoms with Crippen LogP contribution in [0.3, 0.4) is 0 Å². The van der Waals surface area contributed by atoms with Crippen LogP contribution in [0.5, 0.6) is 0 Å². The molecular weight excluding hydrogens is 184 g/mol. The molecule has 62 valence electrons. The van der Waals surface area contributed by atoms with Crippen molar-refractivity contribution in [3.63, 3.8) is 0 Å². The first-order chi connectivity index (χ1) is 5.65. The van der Waals surface area contributed by atoms with Crippen molar-refractivity contribution in [1.82, 2.24) is 0 Å². The Morgan fingerprint density at radius 2 is 2.08 bits per heavy atom. The van der Waals surface area contributed by atoms with Gasteiger partial charge in [0.2, 0.25) is 0 Å². The highest BCUT2D eigenvalue weighted by Crippen LogP contribution is 2.22. The molecule has 1 unspecified atom stereocenters. The van der Waals surface area contributed by atoms with Gasteiger partial charge in [0.1, 0.15) is 17.0 Å². The molecule has 0 aliphatic heterocycles. The van der Waals surface area contributed by atoms with Crippen LogP contribution in [0.2, 0.25) is 0 Å². The van der Waals surface area contributed by atoms with Gasteiger partial charge in [-0.3, -0.25) is 0 Å². The van der Waals surface area contributed by atoms with E-state index in [9.17, 15) is 8.78 Å². The number of rotatable bonds is 1. The predicted molar refractivity (Wildman–Crippen MR) is 40.6 cm³/mol. The molecule has 0 bridgehead atoms. The molecule has 4 heteroatoms. The molecule has 1 rings (SSSR count). The summed E-state index contributed by atoms with van der Waals surface area (Å²) in [7, 11) is 0. The lowest BCUT2D eigenvalue weighted by molar-refractivity contribution is 0.588. The highest BCUT2D eigenvalue weighted by molar-refractivity contribution is 6.22. The lowest BCUT2D eigenvalue weighted by atomic mass is 10.1. The molecule has 0 amide bonds. The molecule has 0 radical (unpaired) electrons. The second kappa shape index (κ2) is 3.51. The second-order valence-corrected chi connectivity index (χ2v) is 2.59. The van der Waals surface area contributed by atoms with Gasteiger partial charge in [-0.15, -0.1) is 11.6 Å². The molecule has 0 aromatic heterocycles. The Hall–Kier alpha value is -1.14. The fourth-order valence-electron chi connectivity index (χ4n) is 0.778. The molecule has 12 heavy (non-hydrogen) atoms. The molecule has 0 heterocycles. The van der Waals surface area contributed by atoms with Crippen LogP contribution in [0, 0.1) is 23.0 Å². The SMILES string of the molecule is N#CC(Cl)c1cc(F)ccc1F. The number of halogens is 3. The molecular formula is C8H4ClF2N. The van der Waals surface area contributed by atoms with Crippen LogP contribution in [0.25, 0.3) is 0 Å². The smallest absolute Gasteiger partial charge is 0.148 e. The van der Waals surface area contributed by atoms with E-state index in [1.807, 2.05) is 0 Å². The minimum atomic E-state index is -1.14. The summed E-state index contributed by atoms with van der Waals surface area (Å²) in [6.07, 6.45) is 0. The topological polar surface area (TPSA) is 23.8 Å². The van der Waals surface area contributed by atoms with Gasteiger partial charge in [0, 0.05) is 5.56 Å². The van der Waals surface area contributed by atoms with Crippen molar-refractivity contribution in [2.45, 2.75) is 5.38 Å². The quantitative estimate of drug-likeness (QED) is 0.621. The maximum atomic E-state index is 12.8. The summed E-state index contributed by atoms with van der Waals surface area (Å²) in [5.74, 6) is -1.27. The van der Waals surface area contributed by atoms with E-state index >= 15 is 0 Å². The van der Waals surface area contributed by atoms with Gasteiger partial charge in [-0.25, -0.2) is 8.78 Å². The van der Waals surface area contributed by atoms with E-state index in [2.05, 4.69) is 0 Å². The van der Waals surface area contributed by atoms with Crippen molar-refractivity contribution in [3.05, 3.63) is 35.4 Å². The summed E-state index contributed by atoms with van der Waals surface area (Å²) >= 11 is 5.40. The van der Waals surface area contributed by atoms with Crippen LogP contribution in [0.1, 0.15) is 10.9 Å². The summed E-state index contributed by atoms with van der Waals surface area (Å²) in [5.41, 5.74) is -0.126. The Balaban J connectivity index is 3.15. The first kappa shape index (κ1) is 8.95. The first-order valence-corrected chi connectivity index (χ1v) is 3.57. The molecule has 0 aliphatic carbocycles. The monoisotopic (exact) mass is 187 g/mol. The Morgan fingerprint density at radius 1 is 1.42 bits per heavy atom. The minimum absolute atomic E-state index is 0.126. The summed E-state index contributed by atoms with van der Waals surface area (Å²) < 4.78 is 25.3. The summed E-state index contributed by atoms with van der Waals surface area (Å²) in [6.45, 7) is 0. The molecule has 1 aromatic carbocycles. The van der Waals surface area contributed by atoms with Gasteiger partial charge in [-0.2, -0.15) is 5.26 Å². The molecule has 0 aliphatic rings. The zero-order valence-electron chi connectivity index (χ0n) is 5.89. The largest absolute Gasteiger partial charge is 0.207 e. The summed E-state index contributed by atoms with van der Waals surface area (Å²) in [5, 5.41) is 7.19. The number of nitriles is 1. The fourth-order valence-corrected chi connectivity index (χ4v) is 0.946. The van der Waals surface area contributed by atoms with Gasteiger partial charge in [0.05, 0.1) is 6.07 Å². The van der Waals surface area contributed by atoms with E-state index in [1.165, 1.54) is 0 Å². The van der Waals surface area contributed by atoms with Gasteiger partial charge in [-0.1, -0.05) is 0 Å². The lowest BCUT2D eigenvalue weighted by Crippen LogP contribution is -1.92. The van der Waals surface area contributed by atoms with Crippen molar-refractivity contribution >= 4 is 11.6 Å². The van der Waals surface area contributed by atoms with Crippen LogP contribution in [-0.2, 0) is 0 Å². The highest BCUT2D eigenvalue weighted by atomic mass is 35.5. The number of benzene rings is 1. The Bertz CT molecular complexity index is 332. The Kier molecular flexibility index (Phi) is 2.61. The molecule has 0 fully saturated rings. The third kappa shape index (κ3) is 1.72. The third-order valence-corrected chi connectivity index (χ3v) is 1.68. The molecule has 1 aromatic rings. The number of hydrogen-bond donors (Lipinski definition) is 0. The average molecular weight is 188 g/mol. The first-order valence-electron chi connectivity index (χ1n) is 3.14. The van der Waals surface area contributed by atoms with Crippen LogP contribution in [-0.4, -0.2) is 0 Å². The van der Waals surface area contributed by atoms with E-state index in [0.717, 1.165) is 18.2 Å². The fraction of sp³-hybridized carbons (Fsp3) is 0.125. The maximum Gasteiger partial charge on any atom is 0.148 e. The van der Waals surface area contributed by atoms with Gasteiger partial charge in [0.15, 0.2) is 0 Å². The minimum Gasteiger partial charge on any atom is -0.207 e. The highest BCUT2D eigenvalue weighted by Gasteiger charge is 2.12. The standard InChI is InChI=1S/C8H4ClF2N/c9-7(4-12)6-3-5(10)1-2-8(6)11/h1-3,7H. The van der Waals surface area contributed by atoms with Crippen molar-refractivity contribution < 1.29 is 8.78 Å². The molecule has 0 saturated carbocycles. The van der Waals surface area contributed by atoms with Gasteiger partial charge < -0.3 is 0 Å². The molecule has 0 N–H and O–H groups in total. The van der Waals surface area contributed by atoms with Crippen LogP contribution in [0.15, 0.2) is 18.2 Å². The van der Waals surface area contributed by atoms with Crippen molar-refractivity contribution in [2.24, 2.45) is 0 Å². The van der Waals surface area contributed by atoms with Crippen molar-refractivity contribution in [2.75, 3.05) is 0 Å². The predicted octanol–water partition coefficient (Wildman–Crippen LogP) is 2.77. The second-order valence-electron chi connectivity index (χ2n) is 2.16. The van der Waals surface area contributed by atoms with E-state index in [-0.39, 0.29) is 5.56 Å². The van der Waals surface area contributed by atoms with Crippen molar-refractivity contribution in [1.29, 1.82) is 5.26 Å². The van der Waals surface area contributed by atoms with Crippen LogP contribution < -0.4 is 0 Å². The van der Waals surface area contributed by atoms with Crippen LogP contribution >= 0.6 is 11.6 Å². The molecule has 0 spiro atoms. The van der Waals surface area contributed by atoms with E-state index in [0.29, 0.717) is 0 Å². The Morgan fingerprint density at radius 3 is 2.67 bits per heavy atom. The molecule has 0 saturated heterocycles. The zero-order valence-corrected chi connectivity index (χ0v) is 6.65. The van der Waals surface area contributed by atoms with Crippen molar-refractivity contribution in [3.8, 4) is 6.07 Å². The van der Waals surface area contributed by atoms with E-state index in [4.69, 9.17) is 16.9 Å². The molecule has 1 atom stereocenters. The number of alkyl halides is 1. The molecule has 1 nitrogen and oxygen atoms in total. The van der Waals surface area contributed by atoms with E-state index in [1.54, 1.807) is 6.07 Å². The number of nitrogens with zero attached hydrogens (tertiary/aromatic N) is 1. The normalized spacial score (nSPS) is 12.2. The van der Waals surface area contributed by atoms with Gasteiger partial charge >= 0.3 is 0 Å². The van der Waals surface area contributed by atoms with Gasteiger partial charge in [0.25, 0.3) is 0 Å². The van der Waals surface area contributed by atoms with Gasteiger partial charge in [-0.05, 0) is 18.2 Å². The summed E-state index contributed by atoms with van der Waals surface area (Å²) in [4.78, 5) is 0. The average Bonchev–Trinajstić information content (AvgIpc) is 2.08. The number of hydrogen-bond acceptors (Lipinski definition) is 1. The zero-order chi connectivity index (χ0) is 9.14. The van der Waals surface area contributed by atoms with Crippen LogP contribution in [0.4, 0.5) is 8.78 Å². The lowest BCUT2D eigenvalue weighted by Gasteiger charge is -2.01.